The molecule has 0 amide bonds. The van der Waals surface area contributed by atoms with Crippen LogP contribution in [0.3, 0.4) is 0 Å². The van der Waals surface area contributed by atoms with Crippen LogP contribution in [0.15, 0.2) is 36.5 Å². The highest BCUT2D eigenvalue weighted by atomic mass is 19.4. The van der Waals surface area contributed by atoms with E-state index in [0.29, 0.717) is 55.2 Å². The van der Waals surface area contributed by atoms with Crippen molar-refractivity contribution >= 4 is 5.78 Å². The van der Waals surface area contributed by atoms with Crippen LogP contribution in [0.25, 0.3) is 0 Å². The fraction of sp³-hybridized carbons (Fsp3) is 0.538. The third-order valence-electron chi connectivity index (χ3n) is 8.11. The monoisotopic (exact) mass is 498 g/mol. The smallest absolute Gasteiger partial charge is 0.300 e. The van der Waals surface area contributed by atoms with Crippen LogP contribution in [0.1, 0.15) is 72.4 Å². The average molecular weight is 499 g/mol. The minimum absolute atomic E-state index is 0.00826. The van der Waals surface area contributed by atoms with Crippen LogP contribution in [-0.2, 0) is 22.7 Å². The summed E-state index contributed by atoms with van der Waals surface area (Å²) in [6, 6.07) is 6.44. The first-order chi connectivity index (χ1) is 16.2. The maximum Gasteiger partial charge on any atom is 0.433 e. The summed E-state index contributed by atoms with van der Waals surface area (Å²) < 4.78 is 79.1. The number of halogens is 6. The van der Waals surface area contributed by atoms with Gasteiger partial charge >= 0.3 is 12.4 Å². The molecule has 190 valence electrons. The zero-order valence-corrected chi connectivity index (χ0v) is 19.9. The maximum atomic E-state index is 13.4. The molecule has 4 rings (SSSR count). The van der Waals surface area contributed by atoms with Crippen molar-refractivity contribution in [2.24, 2.45) is 5.41 Å². The number of hydrogen-bond donors (Lipinski definition) is 0. The van der Waals surface area contributed by atoms with Gasteiger partial charge in [0.05, 0.1) is 5.56 Å². The van der Waals surface area contributed by atoms with E-state index in [0.717, 1.165) is 12.1 Å². The molecule has 1 unspecified atom stereocenters. The molecule has 2 aromatic rings. The van der Waals surface area contributed by atoms with Crippen LogP contribution in [-0.4, -0.2) is 29.8 Å². The van der Waals surface area contributed by atoms with Gasteiger partial charge in [0.1, 0.15) is 11.5 Å². The number of nitrogens with zero attached hydrogens (tertiary/aromatic N) is 2. The summed E-state index contributed by atoms with van der Waals surface area (Å²) in [5, 5.41) is 0. The zero-order chi connectivity index (χ0) is 25.8. The Kier molecular flexibility index (Phi) is 6.31. The number of alkyl halides is 6. The second kappa shape index (κ2) is 8.61. The van der Waals surface area contributed by atoms with E-state index in [9.17, 15) is 31.1 Å². The predicted octanol–water partition coefficient (Wildman–Crippen LogP) is 6.89. The lowest BCUT2D eigenvalue weighted by Gasteiger charge is -2.49. The molecule has 2 fully saturated rings. The molecule has 0 bridgehead atoms. The van der Waals surface area contributed by atoms with Crippen molar-refractivity contribution in [2.75, 3.05) is 14.1 Å². The Balaban J connectivity index is 1.57. The van der Waals surface area contributed by atoms with E-state index < -0.39 is 35.1 Å². The van der Waals surface area contributed by atoms with Gasteiger partial charge in [0.25, 0.3) is 0 Å². The largest absolute Gasteiger partial charge is 0.433 e. The number of carbonyl (C=O) groups is 1. The lowest BCUT2D eigenvalue weighted by molar-refractivity contribution is -0.141. The van der Waals surface area contributed by atoms with Gasteiger partial charge in [0.2, 0.25) is 0 Å². The minimum atomic E-state index is -4.55. The summed E-state index contributed by atoms with van der Waals surface area (Å²) >= 11 is 0. The lowest BCUT2D eigenvalue weighted by Crippen LogP contribution is -2.46. The number of rotatable bonds is 3. The molecule has 1 atom stereocenters. The normalized spacial score (nSPS) is 27.7. The number of benzene rings is 1. The summed E-state index contributed by atoms with van der Waals surface area (Å²) in [7, 11) is 3.72. The summed E-state index contributed by atoms with van der Waals surface area (Å²) in [6.45, 7) is 1.57. The van der Waals surface area contributed by atoms with Crippen molar-refractivity contribution in [1.29, 1.82) is 0 Å². The number of Topliss-reactive ketones (excluding diaryl/α,β-unsaturated/α-hetero) is 1. The molecule has 0 N–H and O–H groups in total. The van der Waals surface area contributed by atoms with E-state index in [2.05, 4.69) is 4.98 Å². The van der Waals surface area contributed by atoms with E-state index in [1.54, 1.807) is 13.0 Å². The van der Waals surface area contributed by atoms with Crippen LogP contribution in [0.4, 0.5) is 26.3 Å². The van der Waals surface area contributed by atoms with Crippen LogP contribution < -0.4 is 0 Å². The molecule has 2 saturated carbocycles. The molecule has 3 nitrogen and oxygen atoms in total. The van der Waals surface area contributed by atoms with Gasteiger partial charge in [-0.15, -0.1) is 0 Å². The average Bonchev–Trinajstić information content (AvgIpc) is 3.08. The van der Waals surface area contributed by atoms with Crippen molar-refractivity contribution in [3.8, 4) is 0 Å². The summed E-state index contributed by atoms with van der Waals surface area (Å²) in [5.41, 5.74) is -1.02. The number of aryl methyl sites for hydroxylation is 1. The van der Waals surface area contributed by atoms with Gasteiger partial charge in [-0.25, -0.2) is 0 Å². The quantitative estimate of drug-likeness (QED) is 0.432. The number of aromatic nitrogens is 1. The van der Waals surface area contributed by atoms with Crippen molar-refractivity contribution in [3.05, 3.63) is 64.5 Å². The molecule has 35 heavy (non-hydrogen) atoms. The number of ketones is 1. The van der Waals surface area contributed by atoms with Gasteiger partial charge in [0, 0.05) is 24.1 Å². The van der Waals surface area contributed by atoms with Crippen molar-refractivity contribution < 1.29 is 31.1 Å². The predicted molar refractivity (Wildman–Crippen MR) is 119 cm³/mol. The van der Waals surface area contributed by atoms with Gasteiger partial charge in [0.15, 0.2) is 0 Å². The molecule has 1 spiro atoms. The Labute approximate surface area is 200 Å². The van der Waals surface area contributed by atoms with E-state index in [4.69, 9.17) is 0 Å². The van der Waals surface area contributed by atoms with Crippen molar-refractivity contribution in [1.82, 2.24) is 9.88 Å². The highest BCUT2D eigenvalue weighted by Crippen LogP contribution is 2.57. The van der Waals surface area contributed by atoms with Gasteiger partial charge < -0.3 is 0 Å². The maximum absolute atomic E-state index is 13.4. The van der Waals surface area contributed by atoms with Crippen LogP contribution in [0.2, 0.25) is 0 Å². The highest BCUT2D eigenvalue weighted by molar-refractivity contribution is 5.89. The number of hydrogen-bond acceptors (Lipinski definition) is 3. The van der Waals surface area contributed by atoms with Crippen LogP contribution in [0.5, 0.6) is 0 Å². The Bertz CT molecular complexity index is 1110. The highest BCUT2D eigenvalue weighted by Gasteiger charge is 2.51. The Hall–Kier alpha value is -2.42. The first-order valence-corrected chi connectivity index (χ1v) is 11.6. The first kappa shape index (κ1) is 25.7. The van der Waals surface area contributed by atoms with E-state index in [1.165, 1.54) is 18.3 Å². The molecule has 1 aromatic heterocycles. The van der Waals surface area contributed by atoms with Crippen LogP contribution in [0, 0.1) is 12.3 Å². The topological polar surface area (TPSA) is 33.2 Å². The van der Waals surface area contributed by atoms with Gasteiger partial charge in [-0.3, -0.25) is 14.7 Å². The summed E-state index contributed by atoms with van der Waals surface area (Å²) in [6.07, 6.45) is -4.49. The Morgan fingerprint density at radius 1 is 0.971 bits per heavy atom. The van der Waals surface area contributed by atoms with Gasteiger partial charge in [-0.2, -0.15) is 26.3 Å². The second-order valence-electron chi connectivity index (χ2n) is 10.3. The third-order valence-corrected chi connectivity index (χ3v) is 8.11. The molecule has 9 heteroatoms. The number of carbonyl (C=O) groups excluding carboxylic acids is 1. The van der Waals surface area contributed by atoms with Crippen molar-refractivity contribution in [3.63, 3.8) is 0 Å². The zero-order valence-electron chi connectivity index (χ0n) is 19.9. The SMILES string of the molecule is Cc1cc(C(F)(F)F)ncc1C1CC2(CCC(c3cccc(C(F)(F)F)c3)(N(C)C)CC2)CC1=O. The summed E-state index contributed by atoms with van der Waals surface area (Å²) in [5.74, 6) is -0.517. The van der Waals surface area contributed by atoms with Crippen molar-refractivity contribution in [2.45, 2.75) is 69.3 Å². The van der Waals surface area contributed by atoms with Gasteiger partial charge in [-0.1, -0.05) is 12.1 Å². The second-order valence-corrected chi connectivity index (χ2v) is 10.3. The molecule has 2 aliphatic carbocycles. The first-order valence-electron chi connectivity index (χ1n) is 11.6. The van der Waals surface area contributed by atoms with Crippen LogP contribution >= 0.6 is 0 Å². The fourth-order valence-electron chi connectivity index (χ4n) is 6.04. The van der Waals surface area contributed by atoms with E-state index in [-0.39, 0.29) is 11.2 Å². The Morgan fingerprint density at radius 3 is 2.17 bits per heavy atom. The van der Waals surface area contributed by atoms with Gasteiger partial charge in [-0.05, 0) is 93.4 Å². The lowest BCUT2D eigenvalue weighted by atomic mass is 9.63. The Morgan fingerprint density at radius 2 is 1.63 bits per heavy atom. The van der Waals surface area contributed by atoms with E-state index in [1.807, 2.05) is 19.0 Å². The fourth-order valence-corrected chi connectivity index (χ4v) is 6.04. The standard InChI is InChI=1S/C26H28F6N2O/c1-16-11-22(26(30,31)32)33-15-20(16)19-13-23(14-21(19)35)7-9-24(10-8-23,34(2)3)17-5-4-6-18(12-17)25(27,28)29/h4-6,11-12,15,19H,7-10,13-14H2,1-3H3. The molecule has 0 aliphatic heterocycles. The molecule has 0 radical (unpaired) electrons. The molecule has 1 aromatic carbocycles. The minimum Gasteiger partial charge on any atom is -0.300 e. The molecular weight excluding hydrogens is 470 g/mol. The molecular formula is C26H28F6N2O. The molecule has 1 heterocycles. The third kappa shape index (κ3) is 4.71. The summed E-state index contributed by atoms with van der Waals surface area (Å²) in [4.78, 5) is 18.5. The number of pyridine rings is 1. The van der Waals surface area contributed by atoms with E-state index >= 15 is 0 Å². The molecule has 2 aliphatic rings. The molecule has 0 saturated heterocycles.